The van der Waals surface area contributed by atoms with Gasteiger partial charge in [-0.3, -0.25) is 4.79 Å². The van der Waals surface area contributed by atoms with Crippen LogP contribution in [-0.4, -0.2) is 57.3 Å². The van der Waals surface area contributed by atoms with Crippen LogP contribution in [0, 0.1) is 0 Å². The Bertz CT molecular complexity index is 945. The molecule has 30 heavy (non-hydrogen) atoms. The van der Waals surface area contributed by atoms with E-state index in [2.05, 4.69) is 5.32 Å². The van der Waals surface area contributed by atoms with Crippen LogP contribution in [-0.2, 0) is 19.6 Å². The highest BCUT2D eigenvalue weighted by Gasteiger charge is 2.27. The number of carbonyl (C=O) groups is 1. The Kier molecular flexibility index (Phi) is 8.15. The van der Waals surface area contributed by atoms with E-state index in [-0.39, 0.29) is 10.8 Å². The number of amides is 1. The van der Waals surface area contributed by atoms with Crippen LogP contribution < -0.4 is 10.1 Å². The second kappa shape index (κ2) is 10.8. The highest BCUT2D eigenvalue weighted by molar-refractivity contribution is 7.99. The van der Waals surface area contributed by atoms with E-state index in [4.69, 9.17) is 9.47 Å². The molecular weight excluding hydrogens is 424 g/mol. The molecule has 3 rings (SSSR count). The molecule has 1 fully saturated rings. The largest absolute Gasteiger partial charge is 0.492 e. The SMILES string of the molecule is CCOc1ccc(S(=O)(=O)N2CCOCC2)cc1NC(=O)CCSc1ccccc1. The Morgan fingerprint density at radius 3 is 2.60 bits per heavy atom. The number of sulfonamides is 1. The predicted octanol–water partition coefficient (Wildman–Crippen LogP) is 3.23. The first-order chi connectivity index (χ1) is 14.5. The summed E-state index contributed by atoms with van der Waals surface area (Å²) in [4.78, 5) is 13.7. The predicted molar refractivity (Wildman–Crippen MR) is 118 cm³/mol. The van der Waals surface area contributed by atoms with Crippen LogP contribution in [0.2, 0.25) is 0 Å². The van der Waals surface area contributed by atoms with Gasteiger partial charge in [0, 0.05) is 30.2 Å². The monoisotopic (exact) mass is 450 g/mol. The molecule has 2 aromatic rings. The molecule has 1 aliphatic rings. The maximum Gasteiger partial charge on any atom is 0.243 e. The van der Waals surface area contributed by atoms with Gasteiger partial charge in [0.2, 0.25) is 15.9 Å². The average molecular weight is 451 g/mol. The number of anilines is 1. The molecular formula is C21H26N2O5S2. The summed E-state index contributed by atoms with van der Waals surface area (Å²) < 4.78 is 38.1. The van der Waals surface area contributed by atoms with Crippen LogP contribution in [0.4, 0.5) is 5.69 Å². The summed E-state index contributed by atoms with van der Waals surface area (Å²) in [6.45, 7) is 3.61. The van der Waals surface area contributed by atoms with Crippen molar-refractivity contribution in [1.29, 1.82) is 0 Å². The van der Waals surface area contributed by atoms with Gasteiger partial charge in [-0.05, 0) is 37.3 Å². The van der Waals surface area contributed by atoms with Crippen molar-refractivity contribution in [2.45, 2.75) is 23.1 Å². The molecule has 7 nitrogen and oxygen atoms in total. The third kappa shape index (κ3) is 5.98. The van der Waals surface area contributed by atoms with Crippen molar-refractivity contribution >= 4 is 33.4 Å². The van der Waals surface area contributed by atoms with E-state index in [9.17, 15) is 13.2 Å². The van der Waals surface area contributed by atoms with Crippen molar-refractivity contribution in [3.05, 3.63) is 48.5 Å². The molecule has 162 valence electrons. The molecule has 2 aromatic carbocycles. The third-order valence-electron chi connectivity index (χ3n) is 4.47. The molecule has 1 saturated heterocycles. The van der Waals surface area contributed by atoms with Crippen LogP contribution in [0.3, 0.4) is 0 Å². The fourth-order valence-corrected chi connectivity index (χ4v) is 5.28. The Morgan fingerprint density at radius 2 is 1.90 bits per heavy atom. The van der Waals surface area contributed by atoms with Crippen molar-refractivity contribution in [1.82, 2.24) is 4.31 Å². The highest BCUT2D eigenvalue weighted by Crippen LogP contribution is 2.30. The second-order valence-electron chi connectivity index (χ2n) is 6.57. The number of hydrogen-bond donors (Lipinski definition) is 1. The van der Waals surface area contributed by atoms with E-state index in [1.807, 2.05) is 37.3 Å². The first-order valence-electron chi connectivity index (χ1n) is 9.83. The minimum Gasteiger partial charge on any atom is -0.492 e. The van der Waals surface area contributed by atoms with E-state index in [1.54, 1.807) is 17.8 Å². The Hall–Kier alpha value is -2.07. The Labute approximate surface area is 181 Å². The summed E-state index contributed by atoms with van der Waals surface area (Å²) in [6, 6.07) is 14.4. The fraction of sp³-hybridized carbons (Fsp3) is 0.381. The average Bonchev–Trinajstić information content (AvgIpc) is 2.76. The van der Waals surface area contributed by atoms with Crippen molar-refractivity contribution < 1.29 is 22.7 Å². The lowest BCUT2D eigenvalue weighted by atomic mass is 10.3. The van der Waals surface area contributed by atoms with Gasteiger partial charge in [-0.2, -0.15) is 4.31 Å². The lowest BCUT2D eigenvalue weighted by molar-refractivity contribution is -0.115. The first-order valence-corrected chi connectivity index (χ1v) is 12.3. The molecule has 0 radical (unpaired) electrons. The quantitative estimate of drug-likeness (QED) is 0.591. The molecule has 1 heterocycles. The fourth-order valence-electron chi connectivity index (χ4n) is 2.98. The second-order valence-corrected chi connectivity index (χ2v) is 9.67. The molecule has 0 saturated carbocycles. The van der Waals surface area contributed by atoms with Gasteiger partial charge in [0.15, 0.2) is 0 Å². The molecule has 1 aliphatic heterocycles. The number of morpholine rings is 1. The molecule has 0 aromatic heterocycles. The maximum absolute atomic E-state index is 12.9. The zero-order chi connectivity index (χ0) is 21.4. The van der Waals surface area contributed by atoms with E-state index < -0.39 is 10.0 Å². The van der Waals surface area contributed by atoms with E-state index in [1.165, 1.54) is 16.4 Å². The van der Waals surface area contributed by atoms with Crippen molar-refractivity contribution in [3.63, 3.8) is 0 Å². The number of nitrogens with one attached hydrogen (secondary N) is 1. The van der Waals surface area contributed by atoms with Crippen molar-refractivity contribution in [2.75, 3.05) is 44.0 Å². The molecule has 9 heteroatoms. The summed E-state index contributed by atoms with van der Waals surface area (Å²) in [6.07, 6.45) is 0.297. The molecule has 1 N–H and O–H groups in total. The van der Waals surface area contributed by atoms with Gasteiger partial charge in [-0.15, -0.1) is 11.8 Å². The smallest absolute Gasteiger partial charge is 0.243 e. The summed E-state index contributed by atoms with van der Waals surface area (Å²) in [5.41, 5.74) is 0.362. The number of hydrogen-bond acceptors (Lipinski definition) is 6. The molecule has 1 amide bonds. The first kappa shape index (κ1) is 22.6. The Morgan fingerprint density at radius 1 is 1.17 bits per heavy atom. The van der Waals surface area contributed by atoms with Crippen LogP contribution in [0.5, 0.6) is 5.75 Å². The summed E-state index contributed by atoms with van der Waals surface area (Å²) in [5.74, 6) is 0.869. The minimum atomic E-state index is -3.66. The number of thioether (sulfide) groups is 1. The highest BCUT2D eigenvalue weighted by atomic mass is 32.2. The third-order valence-corrected chi connectivity index (χ3v) is 7.38. The van der Waals surface area contributed by atoms with Crippen molar-refractivity contribution in [3.8, 4) is 5.75 Å². The molecule has 0 spiro atoms. The van der Waals surface area contributed by atoms with Gasteiger partial charge < -0.3 is 14.8 Å². The van der Waals surface area contributed by atoms with Gasteiger partial charge in [0.25, 0.3) is 0 Å². The standard InChI is InChI=1S/C21H26N2O5S2/c1-2-28-20-9-8-18(30(25,26)23-11-13-27-14-12-23)16-19(20)22-21(24)10-15-29-17-6-4-3-5-7-17/h3-9,16H,2,10-15H2,1H3,(H,22,24). The van der Waals surface area contributed by atoms with Crippen LogP contribution >= 0.6 is 11.8 Å². The summed E-state index contributed by atoms with van der Waals surface area (Å²) >= 11 is 1.59. The van der Waals surface area contributed by atoms with Crippen molar-refractivity contribution in [2.24, 2.45) is 0 Å². The van der Waals surface area contributed by atoms with Gasteiger partial charge in [0.05, 0.1) is 30.4 Å². The molecule has 0 aliphatic carbocycles. The Balaban J connectivity index is 1.70. The summed E-state index contributed by atoms with van der Waals surface area (Å²) in [5, 5.41) is 2.81. The topological polar surface area (TPSA) is 84.9 Å². The zero-order valence-electron chi connectivity index (χ0n) is 16.9. The normalized spacial score (nSPS) is 15.0. The molecule has 0 atom stereocenters. The van der Waals surface area contributed by atoms with Gasteiger partial charge >= 0.3 is 0 Å². The number of carbonyl (C=O) groups excluding carboxylic acids is 1. The number of rotatable bonds is 9. The van der Waals surface area contributed by atoms with E-state index in [0.29, 0.717) is 56.5 Å². The van der Waals surface area contributed by atoms with Gasteiger partial charge in [-0.1, -0.05) is 18.2 Å². The van der Waals surface area contributed by atoms with E-state index in [0.717, 1.165) is 4.90 Å². The van der Waals surface area contributed by atoms with Crippen LogP contribution in [0.1, 0.15) is 13.3 Å². The zero-order valence-corrected chi connectivity index (χ0v) is 18.5. The van der Waals surface area contributed by atoms with Gasteiger partial charge in [-0.25, -0.2) is 8.42 Å². The number of ether oxygens (including phenoxy) is 2. The van der Waals surface area contributed by atoms with Gasteiger partial charge in [0.1, 0.15) is 5.75 Å². The van der Waals surface area contributed by atoms with Crippen LogP contribution in [0.25, 0.3) is 0 Å². The molecule has 0 unspecified atom stereocenters. The maximum atomic E-state index is 12.9. The van der Waals surface area contributed by atoms with Crippen LogP contribution in [0.15, 0.2) is 58.3 Å². The summed E-state index contributed by atoms with van der Waals surface area (Å²) in [7, 11) is -3.66. The lowest BCUT2D eigenvalue weighted by Gasteiger charge is -2.26. The van der Waals surface area contributed by atoms with E-state index >= 15 is 0 Å². The lowest BCUT2D eigenvalue weighted by Crippen LogP contribution is -2.40. The number of nitrogens with zero attached hydrogens (tertiary/aromatic N) is 1. The minimum absolute atomic E-state index is 0.127. The molecule has 0 bridgehead atoms. The number of benzene rings is 2.